The van der Waals surface area contributed by atoms with Gasteiger partial charge in [0.1, 0.15) is 11.4 Å². The summed E-state index contributed by atoms with van der Waals surface area (Å²) in [6.07, 6.45) is -1.12. The van der Waals surface area contributed by atoms with Crippen molar-refractivity contribution in [1.29, 1.82) is 0 Å². The van der Waals surface area contributed by atoms with Crippen LogP contribution >= 0.6 is 0 Å². The number of esters is 2. The van der Waals surface area contributed by atoms with Gasteiger partial charge in [-0.2, -0.15) is 0 Å². The molecule has 2 aliphatic heterocycles. The van der Waals surface area contributed by atoms with Gasteiger partial charge in [-0.25, -0.2) is 9.59 Å². The highest BCUT2D eigenvalue weighted by Gasteiger charge is 2.57. The molecule has 10 nitrogen and oxygen atoms in total. The fraction of sp³-hybridized carbons (Fsp3) is 0.500. The number of rotatable bonds is 7. The van der Waals surface area contributed by atoms with Gasteiger partial charge in [-0.1, -0.05) is 12.1 Å². The molecule has 1 saturated heterocycles. The predicted molar refractivity (Wildman–Crippen MR) is 120 cm³/mol. The molecule has 184 valence electrons. The van der Waals surface area contributed by atoms with Gasteiger partial charge in [-0.05, 0) is 64.3 Å². The normalized spacial score (nSPS) is 20.3. The summed E-state index contributed by atoms with van der Waals surface area (Å²) < 4.78 is 15.3. The molecule has 0 saturated carbocycles. The number of carbonyl (C=O) groups excluding carboxylic acids is 4. The molecule has 2 heterocycles. The topological polar surface area (TPSA) is 131 Å². The van der Waals surface area contributed by atoms with Crippen LogP contribution in [0.1, 0.15) is 46.6 Å². The average Bonchev–Trinajstić information content (AvgIpc) is 3.08. The zero-order chi connectivity index (χ0) is 25.2. The first-order valence-corrected chi connectivity index (χ1v) is 11.1. The van der Waals surface area contributed by atoms with Crippen LogP contribution < -0.4 is 10.1 Å². The van der Waals surface area contributed by atoms with E-state index in [2.05, 4.69) is 5.32 Å². The summed E-state index contributed by atoms with van der Waals surface area (Å²) in [4.78, 5) is 50.6. The second-order valence-electron chi connectivity index (χ2n) is 9.25. The van der Waals surface area contributed by atoms with Gasteiger partial charge in [0.15, 0.2) is 0 Å². The van der Waals surface area contributed by atoms with Gasteiger partial charge >= 0.3 is 18.0 Å². The Bertz CT molecular complexity index is 1010. The van der Waals surface area contributed by atoms with E-state index in [1.54, 1.807) is 52.0 Å². The SMILES string of the molecule is CCNC(=O)Oc1ccc(C2=C(C(=O)OCOC(=O)C(C)(C)C)N3C(=O)[C@H]([C@@H](C)O)[C@H]3C2)cc1. The molecule has 34 heavy (non-hydrogen) atoms. The highest BCUT2D eigenvalue weighted by Crippen LogP contribution is 2.47. The molecule has 2 aliphatic rings. The van der Waals surface area contributed by atoms with E-state index in [0.717, 1.165) is 0 Å². The first-order valence-electron chi connectivity index (χ1n) is 11.1. The van der Waals surface area contributed by atoms with E-state index in [0.29, 0.717) is 29.9 Å². The summed E-state index contributed by atoms with van der Waals surface area (Å²) >= 11 is 0. The van der Waals surface area contributed by atoms with Gasteiger partial charge < -0.3 is 29.5 Å². The van der Waals surface area contributed by atoms with Crippen molar-refractivity contribution >= 4 is 29.5 Å². The molecule has 3 rings (SSSR count). The van der Waals surface area contributed by atoms with Gasteiger partial charge in [0.2, 0.25) is 12.7 Å². The number of nitrogens with one attached hydrogen (secondary N) is 1. The number of aliphatic hydroxyl groups is 1. The second kappa shape index (κ2) is 9.84. The maximum absolute atomic E-state index is 13.0. The van der Waals surface area contributed by atoms with Crippen molar-refractivity contribution in [3.63, 3.8) is 0 Å². The Morgan fingerprint density at radius 1 is 1.18 bits per heavy atom. The van der Waals surface area contributed by atoms with Crippen molar-refractivity contribution in [2.24, 2.45) is 11.3 Å². The van der Waals surface area contributed by atoms with Crippen molar-refractivity contribution in [3.05, 3.63) is 35.5 Å². The number of ether oxygens (including phenoxy) is 3. The maximum Gasteiger partial charge on any atom is 0.412 e. The fourth-order valence-electron chi connectivity index (χ4n) is 3.95. The first-order chi connectivity index (χ1) is 16.0. The molecule has 0 unspecified atom stereocenters. The zero-order valence-electron chi connectivity index (χ0n) is 19.9. The lowest BCUT2D eigenvalue weighted by Crippen LogP contribution is -2.61. The van der Waals surface area contributed by atoms with Crippen LogP contribution in [0.2, 0.25) is 0 Å². The standard InChI is InChI=1S/C24H30N2O8/c1-6-25-23(31)34-15-9-7-14(8-10-15)16-11-17-18(13(2)27)20(28)26(17)19(16)21(29)32-12-33-22(30)24(3,4)5/h7-10,13,17-18,27H,6,11-12H2,1-5H3,(H,25,31)/t13-,17-,18-/m1/s1. The third kappa shape index (κ3) is 5.06. The fourth-order valence-corrected chi connectivity index (χ4v) is 3.95. The van der Waals surface area contributed by atoms with Crippen LogP contribution in [-0.2, 0) is 23.9 Å². The smallest absolute Gasteiger partial charge is 0.412 e. The molecule has 1 aromatic rings. The zero-order valence-corrected chi connectivity index (χ0v) is 19.9. The van der Waals surface area contributed by atoms with Crippen LogP contribution in [0.5, 0.6) is 5.75 Å². The van der Waals surface area contributed by atoms with E-state index in [1.165, 1.54) is 11.8 Å². The van der Waals surface area contributed by atoms with E-state index in [4.69, 9.17) is 14.2 Å². The molecular formula is C24H30N2O8. The summed E-state index contributed by atoms with van der Waals surface area (Å²) in [6.45, 7) is 8.17. The molecule has 1 fully saturated rings. The lowest BCUT2D eigenvalue weighted by atomic mass is 9.82. The number of benzene rings is 1. The van der Waals surface area contributed by atoms with Crippen molar-refractivity contribution in [2.45, 2.75) is 53.2 Å². The summed E-state index contributed by atoms with van der Waals surface area (Å²) in [5.74, 6) is -2.02. The van der Waals surface area contributed by atoms with Crippen LogP contribution in [0.4, 0.5) is 4.79 Å². The number of hydrogen-bond donors (Lipinski definition) is 2. The highest BCUT2D eigenvalue weighted by molar-refractivity contribution is 6.06. The summed E-state index contributed by atoms with van der Waals surface area (Å²) in [5.41, 5.74) is 0.480. The van der Waals surface area contributed by atoms with Crippen molar-refractivity contribution in [2.75, 3.05) is 13.3 Å². The summed E-state index contributed by atoms with van der Waals surface area (Å²) in [7, 11) is 0. The monoisotopic (exact) mass is 474 g/mol. The third-order valence-corrected chi connectivity index (χ3v) is 5.65. The van der Waals surface area contributed by atoms with Crippen LogP contribution in [0, 0.1) is 11.3 Å². The van der Waals surface area contributed by atoms with E-state index >= 15 is 0 Å². The molecule has 0 aliphatic carbocycles. The Balaban J connectivity index is 1.82. The number of β-lactam (4-membered cyclic amide) rings is 1. The quantitative estimate of drug-likeness (QED) is 0.349. The van der Waals surface area contributed by atoms with Gasteiger partial charge in [0.05, 0.1) is 23.5 Å². The number of carbonyl (C=O) groups is 4. The molecule has 0 spiro atoms. The molecule has 0 radical (unpaired) electrons. The average molecular weight is 475 g/mol. The van der Waals surface area contributed by atoms with Crippen LogP contribution in [0.15, 0.2) is 30.0 Å². The van der Waals surface area contributed by atoms with Crippen LogP contribution in [0.3, 0.4) is 0 Å². The van der Waals surface area contributed by atoms with Gasteiger partial charge in [0.25, 0.3) is 0 Å². The Kier molecular flexibility index (Phi) is 7.30. The van der Waals surface area contributed by atoms with Crippen LogP contribution in [0.25, 0.3) is 5.57 Å². The number of fused-ring (bicyclic) bond motifs is 1. The third-order valence-electron chi connectivity index (χ3n) is 5.65. The molecule has 2 amide bonds. The minimum absolute atomic E-state index is 0.0519. The predicted octanol–water partition coefficient (Wildman–Crippen LogP) is 2.21. The molecule has 10 heteroatoms. The number of hydrogen-bond acceptors (Lipinski definition) is 8. The molecule has 0 aromatic heterocycles. The summed E-state index contributed by atoms with van der Waals surface area (Å²) in [5, 5.41) is 12.5. The molecule has 3 atom stereocenters. The molecular weight excluding hydrogens is 444 g/mol. The minimum atomic E-state index is -0.869. The Morgan fingerprint density at radius 3 is 2.38 bits per heavy atom. The number of amides is 2. The summed E-state index contributed by atoms with van der Waals surface area (Å²) in [6, 6.07) is 6.12. The minimum Gasteiger partial charge on any atom is -0.427 e. The van der Waals surface area contributed by atoms with Gasteiger partial charge in [0, 0.05) is 6.54 Å². The molecule has 2 N–H and O–H groups in total. The van der Waals surface area contributed by atoms with Gasteiger partial charge in [-0.3, -0.25) is 9.59 Å². The lowest BCUT2D eigenvalue weighted by Gasteiger charge is -2.44. The maximum atomic E-state index is 13.0. The Hall–Kier alpha value is -3.40. The second-order valence-corrected chi connectivity index (χ2v) is 9.25. The first kappa shape index (κ1) is 25.2. The van der Waals surface area contributed by atoms with E-state index in [1.807, 2.05) is 0 Å². The number of nitrogens with zero attached hydrogens (tertiary/aromatic N) is 1. The molecule has 0 bridgehead atoms. The number of aliphatic hydroxyl groups excluding tert-OH is 1. The highest BCUT2D eigenvalue weighted by atomic mass is 16.7. The van der Waals surface area contributed by atoms with E-state index in [-0.39, 0.29) is 17.6 Å². The molecule has 1 aromatic carbocycles. The van der Waals surface area contributed by atoms with Crippen LogP contribution in [-0.4, -0.2) is 59.4 Å². The Labute approximate surface area is 197 Å². The van der Waals surface area contributed by atoms with Crippen molar-refractivity contribution in [1.82, 2.24) is 10.2 Å². The van der Waals surface area contributed by atoms with E-state index in [9.17, 15) is 24.3 Å². The van der Waals surface area contributed by atoms with E-state index < -0.39 is 42.3 Å². The lowest BCUT2D eigenvalue weighted by molar-refractivity contribution is -0.175. The van der Waals surface area contributed by atoms with Crippen molar-refractivity contribution < 1.29 is 38.5 Å². The van der Waals surface area contributed by atoms with Crippen molar-refractivity contribution in [3.8, 4) is 5.75 Å². The largest absolute Gasteiger partial charge is 0.427 e. The Morgan fingerprint density at radius 2 is 1.82 bits per heavy atom. The van der Waals surface area contributed by atoms with Gasteiger partial charge in [-0.15, -0.1) is 0 Å².